The summed E-state index contributed by atoms with van der Waals surface area (Å²) < 4.78 is 64.2. The summed E-state index contributed by atoms with van der Waals surface area (Å²) in [5.74, 6) is -0.640. The van der Waals surface area contributed by atoms with Gasteiger partial charge in [-0.05, 0) is 29.7 Å². The zero-order valence-corrected chi connectivity index (χ0v) is 14.2. The molecule has 4 rings (SSSR count). The van der Waals surface area contributed by atoms with Gasteiger partial charge in [0, 0.05) is 5.92 Å². The van der Waals surface area contributed by atoms with Crippen LogP contribution in [0.4, 0.5) is 13.2 Å². The highest BCUT2D eigenvalue weighted by Gasteiger charge is 2.55. The van der Waals surface area contributed by atoms with Crippen LogP contribution in [-0.2, 0) is 16.5 Å². The Kier molecular flexibility index (Phi) is 3.59. The van der Waals surface area contributed by atoms with Gasteiger partial charge in [0.25, 0.3) is 5.88 Å². The first-order valence-corrected chi connectivity index (χ1v) is 8.82. The summed E-state index contributed by atoms with van der Waals surface area (Å²) in [5, 5.41) is 9.07. The van der Waals surface area contributed by atoms with E-state index in [9.17, 15) is 21.6 Å². The van der Waals surface area contributed by atoms with Crippen molar-refractivity contribution in [2.75, 3.05) is 0 Å². The predicted molar refractivity (Wildman–Crippen MR) is 77.9 cm³/mol. The van der Waals surface area contributed by atoms with Crippen LogP contribution in [0.2, 0.25) is 5.02 Å². The Morgan fingerprint density at radius 2 is 2.04 bits per heavy atom. The lowest BCUT2D eigenvalue weighted by Gasteiger charge is -2.56. The molecule has 0 aromatic carbocycles. The van der Waals surface area contributed by atoms with Crippen LogP contribution in [-0.4, -0.2) is 18.9 Å². The lowest BCUT2D eigenvalue weighted by Crippen LogP contribution is -2.48. The highest BCUT2D eigenvalue weighted by Crippen LogP contribution is 2.62. The first-order chi connectivity index (χ1) is 10.9. The number of nitriles is 1. The van der Waals surface area contributed by atoms with Gasteiger partial charge in [-0.1, -0.05) is 25.4 Å². The van der Waals surface area contributed by atoms with E-state index >= 15 is 0 Å². The molecule has 0 N–H and O–H groups in total. The average Bonchev–Trinajstić information content (AvgIpc) is 2.45. The maximum absolute atomic E-state index is 12.5. The van der Waals surface area contributed by atoms with Gasteiger partial charge in [0.2, 0.25) is 0 Å². The molecule has 2 atom stereocenters. The molecule has 1 aromatic heterocycles. The lowest BCUT2D eigenvalue weighted by molar-refractivity contribution is -0.0502. The molecule has 1 heterocycles. The fourth-order valence-corrected chi connectivity index (χ4v) is 4.17. The third-order valence-corrected chi connectivity index (χ3v) is 6.43. The summed E-state index contributed by atoms with van der Waals surface area (Å²) in [6, 6.07) is 1.59. The van der Waals surface area contributed by atoms with Crippen LogP contribution in [0.5, 0.6) is 5.88 Å². The number of nitrogens with zero attached hydrogens (tertiary/aromatic N) is 2. The highest BCUT2D eigenvalue weighted by molar-refractivity contribution is 7.87. The van der Waals surface area contributed by atoms with E-state index in [0.29, 0.717) is 23.6 Å². The molecule has 2 bridgehead atoms. The van der Waals surface area contributed by atoms with E-state index in [-0.39, 0.29) is 16.4 Å². The number of pyridine rings is 1. The fraction of sp³-hybridized carbons (Fsp3) is 0.571. The Balaban J connectivity index is 2.14. The first-order valence-electron chi connectivity index (χ1n) is 7.03. The largest absolute Gasteiger partial charge is 0.534 e. The van der Waals surface area contributed by atoms with Gasteiger partial charge in [-0.15, -0.1) is 0 Å². The van der Waals surface area contributed by atoms with E-state index in [1.165, 1.54) is 0 Å². The Labute approximate surface area is 141 Å². The molecule has 0 spiro atoms. The number of halogens is 4. The van der Waals surface area contributed by atoms with Gasteiger partial charge in [-0.2, -0.15) is 26.9 Å². The summed E-state index contributed by atoms with van der Waals surface area (Å²) >= 11 is 6.14. The van der Waals surface area contributed by atoms with Gasteiger partial charge < -0.3 is 4.18 Å². The van der Waals surface area contributed by atoms with Crippen LogP contribution >= 0.6 is 11.6 Å². The first kappa shape index (κ1) is 17.3. The Morgan fingerprint density at radius 1 is 1.42 bits per heavy atom. The molecule has 1 aromatic rings. The van der Waals surface area contributed by atoms with Crippen molar-refractivity contribution in [1.29, 1.82) is 5.26 Å². The second-order valence-corrected chi connectivity index (χ2v) is 8.49. The van der Waals surface area contributed by atoms with Crippen molar-refractivity contribution < 1.29 is 25.8 Å². The van der Waals surface area contributed by atoms with Gasteiger partial charge in [0.15, 0.2) is 0 Å². The fourth-order valence-electron chi connectivity index (χ4n) is 3.45. The summed E-state index contributed by atoms with van der Waals surface area (Å²) in [6.07, 6.45) is 1.34. The minimum Gasteiger partial charge on any atom is -0.354 e. The molecule has 10 heteroatoms. The smallest absolute Gasteiger partial charge is 0.354 e. The van der Waals surface area contributed by atoms with Crippen molar-refractivity contribution in [2.45, 2.75) is 38.1 Å². The van der Waals surface area contributed by atoms with E-state index in [1.807, 2.05) is 13.8 Å². The molecule has 3 aliphatic carbocycles. The molecule has 0 radical (unpaired) electrons. The molecule has 0 amide bonds. The summed E-state index contributed by atoms with van der Waals surface area (Å²) in [7, 11) is -5.93. The number of hydrogen-bond acceptors (Lipinski definition) is 5. The molecule has 1 fully saturated rings. The molecular weight excluding hydrogens is 369 g/mol. The van der Waals surface area contributed by atoms with E-state index in [0.717, 1.165) is 6.42 Å². The van der Waals surface area contributed by atoms with Crippen molar-refractivity contribution in [1.82, 2.24) is 4.98 Å². The zero-order valence-electron chi connectivity index (χ0n) is 12.6. The van der Waals surface area contributed by atoms with Gasteiger partial charge in [-0.3, -0.25) is 0 Å². The van der Waals surface area contributed by atoms with Crippen molar-refractivity contribution in [3.63, 3.8) is 0 Å². The number of aromatic nitrogens is 1. The molecule has 5 nitrogen and oxygen atoms in total. The van der Waals surface area contributed by atoms with Crippen molar-refractivity contribution >= 4 is 21.7 Å². The van der Waals surface area contributed by atoms with Crippen LogP contribution in [0.25, 0.3) is 0 Å². The third kappa shape index (κ3) is 2.27. The second-order valence-electron chi connectivity index (χ2n) is 6.58. The molecule has 3 aliphatic rings. The Hall–Kier alpha value is -1.53. The van der Waals surface area contributed by atoms with Crippen molar-refractivity contribution in [3.05, 3.63) is 21.8 Å². The molecule has 130 valence electrons. The minimum absolute atomic E-state index is 0.0626. The van der Waals surface area contributed by atoms with Crippen LogP contribution in [0.1, 0.15) is 43.0 Å². The molecule has 24 heavy (non-hydrogen) atoms. The monoisotopic (exact) mass is 380 g/mol. The summed E-state index contributed by atoms with van der Waals surface area (Å²) in [4.78, 5) is 3.95. The van der Waals surface area contributed by atoms with Crippen LogP contribution in [0, 0.1) is 22.7 Å². The quantitative estimate of drug-likeness (QED) is 0.579. The van der Waals surface area contributed by atoms with Crippen LogP contribution in [0.15, 0.2) is 0 Å². The van der Waals surface area contributed by atoms with Crippen molar-refractivity contribution in [2.24, 2.45) is 11.3 Å². The third-order valence-electron chi connectivity index (χ3n) is 5.06. The number of hydrogen-bond donors (Lipinski definition) is 0. The second kappa shape index (κ2) is 4.99. The van der Waals surface area contributed by atoms with Crippen LogP contribution < -0.4 is 4.18 Å². The molecule has 2 unspecified atom stereocenters. The van der Waals surface area contributed by atoms with E-state index in [4.69, 9.17) is 16.9 Å². The lowest BCUT2D eigenvalue weighted by atomic mass is 9.48. The van der Waals surface area contributed by atoms with Gasteiger partial charge in [0.1, 0.15) is 11.6 Å². The number of alkyl halides is 3. The van der Waals surface area contributed by atoms with Gasteiger partial charge in [-0.25, -0.2) is 4.98 Å². The van der Waals surface area contributed by atoms with Gasteiger partial charge >= 0.3 is 15.6 Å². The molecular formula is C14H12ClF3N2O3S. The maximum atomic E-state index is 12.5. The topological polar surface area (TPSA) is 80.0 Å². The average molecular weight is 381 g/mol. The zero-order chi connectivity index (χ0) is 18.1. The number of rotatable bonds is 2. The summed E-state index contributed by atoms with van der Waals surface area (Å²) in [6.45, 7) is 4.02. The highest BCUT2D eigenvalue weighted by atomic mass is 35.5. The van der Waals surface area contributed by atoms with Crippen LogP contribution in [0.3, 0.4) is 0 Å². The van der Waals surface area contributed by atoms with Crippen molar-refractivity contribution in [3.8, 4) is 11.9 Å². The van der Waals surface area contributed by atoms with E-state index in [2.05, 4.69) is 9.17 Å². The Bertz CT molecular complexity index is 875. The SMILES string of the molecule is CC1(C)C2Cc3c(nc(OS(=O)(=O)C(F)(F)F)c(C#N)c3Cl)C1C2. The normalized spacial score (nSPS) is 24.5. The summed E-state index contributed by atoms with van der Waals surface area (Å²) in [5.41, 5.74) is -5.23. The molecule has 0 aliphatic heterocycles. The van der Waals surface area contributed by atoms with E-state index in [1.54, 1.807) is 6.07 Å². The molecule has 1 saturated carbocycles. The van der Waals surface area contributed by atoms with Gasteiger partial charge in [0.05, 0.1) is 10.7 Å². The predicted octanol–water partition coefficient (Wildman–Crippen LogP) is 3.52. The molecule has 0 saturated heterocycles. The minimum atomic E-state index is -5.93. The Morgan fingerprint density at radius 3 is 2.54 bits per heavy atom. The maximum Gasteiger partial charge on any atom is 0.534 e. The van der Waals surface area contributed by atoms with E-state index < -0.39 is 27.1 Å². The standard InChI is InChI=1S/C14H12ClF3N2O3S/c1-13(2)6-3-7-10(15)8(5-19)12(20-11(7)9(13)4-6)23-24(21,22)14(16,17)18/h6,9H,3-4H2,1-2H3.